The van der Waals surface area contributed by atoms with Gasteiger partial charge in [-0.3, -0.25) is 4.90 Å². The second-order valence-electron chi connectivity index (χ2n) is 3.96. The number of hydrogen-bond acceptors (Lipinski definition) is 8. The lowest BCUT2D eigenvalue weighted by atomic mass is 10.4. The van der Waals surface area contributed by atoms with Crippen LogP contribution in [-0.4, -0.2) is 46.4 Å². The Balaban J connectivity index is 1.69. The highest BCUT2D eigenvalue weighted by atomic mass is 32.1. The summed E-state index contributed by atoms with van der Waals surface area (Å²) in [6.45, 7) is 4.44. The van der Waals surface area contributed by atoms with Crippen LogP contribution in [0.15, 0.2) is 5.38 Å². The Kier molecular flexibility index (Phi) is 3.50. The molecule has 0 amide bonds. The molecule has 1 aliphatic rings. The van der Waals surface area contributed by atoms with Gasteiger partial charge < -0.3 is 10.5 Å². The number of nitrogens with zero attached hydrogens (tertiary/aromatic N) is 4. The molecule has 2 aromatic rings. The van der Waals surface area contributed by atoms with Crippen LogP contribution < -0.4 is 5.73 Å². The fraction of sp³-hybridized carbons (Fsp3) is 0.500. The van der Waals surface area contributed by atoms with Crippen LogP contribution in [0.1, 0.15) is 5.01 Å². The van der Waals surface area contributed by atoms with Gasteiger partial charge >= 0.3 is 0 Å². The van der Waals surface area contributed by atoms with Gasteiger partial charge in [0.05, 0.1) is 19.8 Å². The van der Waals surface area contributed by atoms with Gasteiger partial charge in [-0.25, -0.2) is 4.98 Å². The van der Waals surface area contributed by atoms with Gasteiger partial charge in [0, 0.05) is 18.5 Å². The molecule has 0 saturated carbocycles. The highest BCUT2D eigenvalue weighted by molar-refractivity contribution is 7.18. The van der Waals surface area contributed by atoms with Gasteiger partial charge in [0.25, 0.3) is 0 Å². The van der Waals surface area contributed by atoms with E-state index in [0.29, 0.717) is 5.13 Å². The molecule has 2 N–H and O–H groups in total. The minimum absolute atomic E-state index is 0.479. The Morgan fingerprint density at radius 3 is 2.89 bits per heavy atom. The first-order valence-electron chi connectivity index (χ1n) is 5.65. The molecule has 0 spiro atoms. The smallest absolute Gasteiger partial charge is 0.203 e. The van der Waals surface area contributed by atoms with E-state index < -0.39 is 0 Å². The van der Waals surface area contributed by atoms with Crippen molar-refractivity contribution in [3.8, 4) is 10.7 Å². The number of thiazole rings is 1. The van der Waals surface area contributed by atoms with Gasteiger partial charge in [0.2, 0.25) is 5.13 Å². The Morgan fingerprint density at radius 1 is 1.33 bits per heavy atom. The molecule has 2 aromatic heterocycles. The molecule has 1 saturated heterocycles. The van der Waals surface area contributed by atoms with Crippen molar-refractivity contribution in [1.29, 1.82) is 0 Å². The average molecular weight is 283 g/mol. The van der Waals surface area contributed by atoms with Gasteiger partial charge in [-0.1, -0.05) is 11.3 Å². The predicted molar refractivity (Wildman–Crippen MR) is 71.5 cm³/mol. The monoisotopic (exact) mass is 283 g/mol. The molecule has 0 unspecified atom stereocenters. The largest absolute Gasteiger partial charge is 0.379 e. The van der Waals surface area contributed by atoms with Crippen molar-refractivity contribution in [1.82, 2.24) is 20.1 Å². The minimum Gasteiger partial charge on any atom is -0.379 e. The van der Waals surface area contributed by atoms with E-state index in [-0.39, 0.29) is 0 Å². The van der Waals surface area contributed by atoms with E-state index in [4.69, 9.17) is 10.5 Å². The van der Waals surface area contributed by atoms with Gasteiger partial charge in [-0.2, -0.15) is 0 Å². The number of nitrogens with two attached hydrogens (primary N) is 1. The maximum atomic E-state index is 5.57. The van der Waals surface area contributed by atoms with Crippen molar-refractivity contribution >= 4 is 27.8 Å². The first-order chi connectivity index (χ1) is 8.81. The van der Waals surface area contributed by atoms with Gasteiger partial charge in [-0.15, -0.1) is 21.5 Å². The number of ether oxygens (including phenoxy) is 1. The number of aromatic nitrogens is 3. The van der Waals surface area contributed by atoms with Crippen LogP contribution in [-0.2, 0) is 11.3 Å². The average Bonchev–Trinajstić information content (AvgIpc) is 2.99. The van der Waals surface area contributed by atoms with E-state index in [1.54, 1.807) is 11.3 Å². The number of morpholine rings is 1. The van der Waals surface area contributed by atoms with E-state index in [0.717, 1.165) is 48.6 Å². The Hall–Kier alpha value is -1.09. The van der Waals surface area contributed by atoms with Crippen LogP contribution in [0.3, 0.4) is 0 Å². The van der Waals surface area contributed by atoms with Crippen LogP contribution in [0.2, 0.25) is 0 Å². The van der Waals surface area contributed by atoms with E-state index in [1.807, 2.05) is 5.38 Å². The third kappa shape index (κ3) is 2.66. The van der Waals surface area contributed by atoms with E-state index in [9.17, 15) is 0 Å². The summed E-state index contributed by atoms with van der Waals surface area (Å²) in [6, 6.07) is 0. The number of anilines is 1. The number of hydrogen-bond donors (Lipinski definition) is 1. The fourth-order valence-electron chi connectivity index (χ4n) is 1.77. The maximum absolute atomic E-state index is 5.57. The van der Waals surface area contributed by atoms with Crippen LogP contribution in [0, 0.1) is 0 Å². The molecule has 3 heterocycles. The van der Waals surface area contributed by atoms with Crippen LogP contribution in [0.25, 0.3) is 10.7 Å². The second-order valence-corrected chi connectivity index (χ2v) is 5.91. The molecule has 6 nitrogen and oxygen atoms in total. The van der Waals surface area contributed by atoms with Gasteiger partial charge in [-0.05, 0) is 0 Å². The number of nitrogen functional groups attached to an aromatic ring is 1. The molecule has 1 aliphatic heterocycles. The summed E-state index contributed by atoms with van der Waals surface area (Å²) in [5.74, 6) is 0. The summed E-state index contributed by atoms with van der Waals surface area (Å²) in [5.41, 5.74) is 6.44. The number of rotatable bonds is 3. The summed E-state index contributed by atoms with van der Waals surface area (Å²) in [5, 5.41) is 12.2. The normalized spacial score (nSPS) is 17.1. The third-order valence-electron chi connectivity index (χ3n) is 2.67. The lowest BCUT2D eigenvalue weighted by Crippen LogP contribution is -2.35. The van der Waals surface area contributed by atoms with Crippen molar-refractivity contribution < 1.29 is 4.74 Å². The molecule has 8 heteroatoms. The highest BCUT2D eigenvalue weighted by Gasteiger charge is 2.14. The summed E-state index contributed by atoms with van der Waals surface area (Å²) in [4.78, 5) is 6.92. The lowest BCUT2D eigenvalue weighted by Gasteiger charge is -2.25. The van der Waals surface area contributed by atoms with Crippen LogP contribution in [0.5, 0.6) is 0 Å². The molecule has 0 atom stereocenters. The van der Waals surface area contributed by atoms with E-state index in [2.05, 4.69) is 20.1 Å². The Morgan fingerprint density at radius 2 is 2.17 bits per heavy atom. The van der Waals surface area contributed by atoms with Crippen molar-refractivity contribution in [2.75, 3.05) is 32.0 Å². The van der Waals surface area contributed by atoms with E-state index in [1.165, 1.54) is 11.3 Å². The summed E-state index contributed by atoms with van der Waals surface area (Å²) in [6.07, 6.45) is 0. The molecule has 3 rings (SSSR count). The van der Waals surface area contributed by atoms with Crippen LogP contribution >= 0.6 is 22.7 Å². The zero-order valence-corrected chi connectivity index (χ0v) is 11.3. The minimum atomic E-state index is 0.479. The fourth-order valence-corrected chi connectivity index (χ4v) is 3.24. The van der Waals surface area contributed by atoms with Gasteiger partial charge in [0.15, 0.2) is 5.01 Å². The standard InChI is InChI=1S/C10H13N5OS2/c11-10-14-13-9(18-10)7-6-17-8(12-7)5-15-1-3-16-4-2-15/h6H,1-5H2,(H2,11,14). The van der Waals surface area contributed by atoms with Gasteiger partial charge in [0.1, 0.15) is 10.7 Å². The lowest BCUT2D eigenvalue weighted by molar-refractivity contribution is 0.0342. The molecule has 1 fully saturated rings. The van der Waals surface area contributed by atoms with Crippen molar-refractivity contribution in [2.45, 2.75) is 6.54 Å². The topological polar surface area (TPSA) is 77.2 Å². The van der Waals surface area contributed by atoms with Crippen molar-refractivity contribution in [3.63, 3.8) is 0 Å². The van der Waals surface area contributed by atoms with Crippen molar-refractivity contribution in [2.24, 2.45) is 0 Å². The molecule has 18 heavy (non-hydrogen) atoms. The molecule has 0 bridgehead atoms. The maximum Gasteiger partial charge on any atom is 0.203 e. The Labute approximate surface area is 112 Å². The quantitative estimate of drug-likeness (QED) is 0.908. The molecular weight excluding hydrogens is 270 g/mol. The molecule has 0 aliphatic carbocycles. The summed E-state index contributed by atoms with van der Waals surface area (Å²) >= 11 is 3.02. The zero-order valence-electron chi connectivity index (χ0n) is 9.70. The zero-order chi connectivity index (χ0) is 12.4. The first kappa shape index (κ1) is 12.0. The predicted octanol–water partition coefficient (Wildman–Crippen LogP) is 1.08. The second kappa shape index (κ2) is 5.27. The Bertz CT molecular complexity index is 520. The molecular formula is C10H13N5OS2. The molecule has 0 radical (unpaired) electrons. The summed E-state index contributed by atoms with van der Waals surface area (Å²) in [7, 11) is 0. The molecule has 96 valence electrons. The SMILES string of the molecule is Nc1nnc(-c2csc(CN3CCOCC3)n2)s1. The van der Waals surface area contributed by atoms with Crippen molar-refractivity contribution in [3.05, 3.63) is 10.4 Å². The van der Waals surface area contributed by atoms with E-state index >= 15 is 0 Å². The highest BCUT2D eigenvalue weighted by Crippen LogP contribution is 2.26. The summed E-state index contributed by atoms with van der Waals surface area (Å²) < 4.78 is 5.33. The molecule has 0 aromatic carbocycles. The van der Waals surface area contributed by atoms with Crippen LogP contribution in [0.4, 0.5) is 5.13 Å². The third-order valence-corrected chi connectivity index (χ3v) is 4.28. The first-order valence-corrected chi connectivity index (χ1v) is 7.35.